The van der Waals surface area contributed by atoms with Crippen LogP contribution in [-0.2, 0) is 6.42 Å². The van der Waals surface area contributed by atoms with E-state index >= 15 is 0 Å². The van der Waals surface area contributed by atoms with E-state index < -0.39 is 0 Å². The predicted octanol–water partition coefficient (Wildman–Crippen LogP) is 2.92. The first-order valence-electron chi connectivity index (χ1n) is 6.10. The number of thioether (sulfide) groups is 2. The molecule has 2 rings (SSSR count). The van der Waals surface area contributed by atoms with Gasteiger partial charge in [0.2, 0.25) is 0 Å². The molecule has 17 heavy (non-hydrogen) atoms. The van der Waals surface area contributed by atoms with Crippen molar-refractivity contribution in [3.8, 4) is 0 Å². The lowest BCUT2D eigenvalue weighted by atomic mass is 10.2. The number of hydrogen-bond donors (Lipinski definition) is 1. The van der Waals surface area contributed by atoms with Crippen LogP contribution in [0.4, 0.5) is 5.69 Å². The highest BCUT2D eigenvalue weighted by atomic mass is 32.2. The van der Waals surface area contributed by atoms with Gasteiger partial charge in [0.25, 0.3) is 0 Å². The zero-order valence-electron chi connectivity index (χ0n) is 10.3. The van der Waals surface area contributed by atoms with Crippen molar-refractivity contribution in [3.63, 3.8) is 0 Å². The zero-order valence-corrected chi connectivity index (χ0v) is 12.0. The topological polar surface area (TPSA) is 51.8 Å². The summed E-state index contributed by atoms with van der Waals surface area (Å²) in [6, 6.07) is 0. The smallest absolute Gasteiger partial charge is 0.142 e. The van der Waals surface area contributed by atoms with Gasteiger partial charge < -0.3 is 5.73 Å². The van der Waals surface area contributed by atoms with E-state index in [0.717, 1.165) is 23.6 Å². The average Bonchev–Trinajstić information content (AvgIpc) is 2.39. The van der Waals surface area contributed by atoms with Gasteiger partial charge in [-0.25, -0.2) is 9.97 Å². The van der Waals surface area contributed by atoms with Gasteiger partial charge >= 0.3 is 0 Å². The third-order valence-electron chi connectivity index (χ3n) is 2.96. The Morgan fingerprint density at radius 1 is 1.35 bits per heavy atom. The monoisotopic (exact) mass is 269 g/mol. The number of nitrogen functional groups attached to an aromatic ring is 1. The van der Waals surface area contributed by atoms with Crippen molar-refractivity contribution >= 4 is 29.2 Å². The average molecular weight is 269 g/mol. The molecule has 2 unspecified atom stereocenters. The molecule has 1 aliphatic rings. The van der Waals surface area contributed by atoms with Gasteiger partial charge in [-0.3, -0.25) is 0 Å². The van der Waals surface area contributed by atoms with E-state index in [1.165, 1.54) is 17.9 Å². The summed E-state index contributed by atoms with van der Waals surface area (Å²) in [6.07, 6.45) is 3.83. The Bertz CT molecular complexity index is 384. The van der Waals surface area contributed by atoms with Gasteiger partial charge in [-0.2, -0.15) is 11.8 Å². The highest BCUT2D eigenvalue weighted by Crippen LogP contribution is 2.42. The number of aromatic nitrogens is 2. The molecule has 1 aromatic heterocycles. The minimum atomic E-state index is 0.435. The van der Waals surface area contributed by atoms with Crippen molar-refractivity contribution < 1.29 is 0 Å². The number of nitrogens with two attached hydrogens (primary N) is 1. The first-order chi connectivity index (χ1) is 8.26. The Balaban J connectivity index is 2.25. The predicted molar refractivity (Wildman–Crippen MR) is 77.6 cm³/mol. The number of anilines is 1. The summed E-state index contributed by atoms with van der Waals surface area (Å²) < 4.78 is 0. The Labute approximate surface area is 111 Å². The van der Waals surface area contributed by atoms with Gasteiger partial charge in [-0.15, -0.1) is 11.8 Å². The Morgan fingerprint density at radius 2 is 2.12 bits per heavy atom. The quantitative estimate of drug-likeness (QED) is 0.914. The summed E-state index contributed by atoms with van der Waals surface area (Å²) >= 11 is 4.04. The molecule has 1 saturated heterocycles. The fraction of sp³-hybridized carbons (Fsp3) is 0.667. The fourth-order valence-electron chi connectivity index (χ4n) is 2.00. The van der Waals surface area contributed by atoms with Crippen molar-refractivity contribution in [1.29, 1.82) is 0 Å². The first-order valence-corrected chi connectivity index (χ1v) is 8.20. The van der Waals surface area contributed by atoms with Gasteiger partial charge in [0.05, 0.1) is 22.8 Å². The van der Waals surface area contributed by atoms with Crippen LogP contribution in [0.1, 0.15) is 37.0 Å². The van der Waals surface area contributed by atoms with E-state index in [-0.39, 0.29) is 0 Å². The van der Waals surface area contributed by atoms with Gasteiger partial charge in [0.1, 0.15) is 5.82 Å². The maximum Gasteiger partial charge on any atom is 0.142 e. The van der Waals surface area contributed by atoms with Gasteiger partial charge in [0, 0.05) is 16.8 Å². The second kappa shape index (κ2) is 5.96. The molecule has 5 heteroatoms. The summed E-state index contributed by atoms with van der Waals surface area (Å²) in [6.45, 7) is 4.33. The summed E-state index contributed by atoms with van der Waals surface area (Å²) in [5, 5.41) is 1.08. The van der Waals surface area contributed by atoms with Crippen LogP contribution in [0, 0.1) is 0 Å². The van der Waals surface area contributed by atoms with Crippen LogP contribution in [0.2, 0.25) is 0 Å². The molecular formula is C12H19N3S2. The largest absolute Gasteiger partial charge is 0.396 e. The number of aryl methyl sites for hydroxylation is 1. The molecule has 0 amide bonds. The van der Waals surface area contributed by atoms with Crippen molar-refractivity contribution in [1.82, 2.24) is 9.97 Å². The van der Waals surface area contributed by atoms with Crippen molar-refractivity contribution in [2.45, 2.75) is 37.2 Å². The maximum atomic E-state index is 5.86. The highest BCUT2D eigenvalue weighted by molar-refractivity contribution is 8.06. The lowest BCUT2D eigenvalue weighted by Crippen LogP contribution is -2.21. The third kappa shape index (κ3) is 2.88. The maximum absolute atomic E-state index is 5.86. The second-order valence-corrected chi connectivity index (χ2v) is 6.69. The Morgan fingerprint density at radius 3 is 2.82 bits per heavy atom. The van der Waals surface area contributed by atoms with Crippen LogP contribution in [0.25, 0.3) is 0 Å². The lowest BCUT2D eigenvalue weighted by Gasteiger charge is -2.28. The van der Waals surface area contributed by atoms with Crippen LogP contribution in [0.5, 0.6) is 0 Å². The van der Waals surface area contributed by atoms with E-state index in [2.05, 4.69) is 35.6 Å². The van der Waals surface area contributed by atoms with Crippen LogP contribution in [0.15, 0.2) is 6.20 Å². The molecule has 0 spiro atoms. The second-order valence-electron chi connectivity index (χ2n) is 4.09. The van der Waals surface area contributed by atoms with E-state index in [4.69, 9.17) is 5.73 Å². The number of nitrogens with zero attached hydrogens (tertiary/aromatic N) is 2. The molecule has 2 N–H and O–H groups in total. The van der Waals surface area contributed by atoms with Gasteiger partial charge in [0.15, 0.2) is 0 Å². The zero-order chi connectivity index (χ0) is 12.3. The van der Waals surface area contributed by atoms with E-state index in [0.29, 0.717) is 10.5 Å². The number of rotatable bonds is 3. The molecule has 2 atom stereocenters. The molecule has 1 aromatic rings. The molecule has 0 aromatic carbocycles. The Hall–Kier alpha value is -0.420. The summed E-state index contributed by atoms with van der Waals surface area (Å²) in [4.78, 5) is 9.08. The normalized spacial score (nSPS) is 24.8. The molecule has 0 aliphatic carbocycles. The van der Waals surface area contributed by atoms with Crippen molar-refractivity contribution in [2.24, 2.45) is 0 Å². The summed E-state index contributed by atoms with van der Waals surface area (Å²) in [5.41, 5.74) is 7.57. The fourth-order valence-corrected chi connectivity index (χ4v) is 5.00. The molecular weight excluding hydrogens is 250 g/mol. The van der Waals surface area contributed by atoms with Gasteiger partial charge in [-0.05, 0) is 12.8 Å². The summed E-state index contributed by atoms with van der Waals surface area (Å²) in [7, 11) is 0. The minimum absolute atomic E-state index is 0.435. The minimum Gasteiger partial charge on any atom is -0.396 e. The van der Waals surface area contributed by atoms with Crippen molar-refractivity contribution in [2.75, 3.05) is 17.2 Å². The Kier molecular flexibility index (Phi) is 4.56. The molecule has 2 heterocycles. The van der Waals surface area contributed by atoms with Crippen LogP contribution < -0.4 is 5.73 Å². The van der Waals surface area contributed by atoms with Crippen LogP contribution >= 0.6 is 23.5 Å². The molecule has 94 valence electrons. The van der Waals surface area contributed by atoms with E-state index in [9.17, 15) is 0 Å². The first kappa shape index (κ1) is 13.0. The molecule has 1 fully saturated rings. The summed E-state index contributed by atoms with van der Waals surface area (Å²) in [5.74, 6) is 3.41. The third-order valence-corrected chi connectivity index (χ3v) is 6.20. The van der Waals surface area contributed by atoms with Crippen molar-refractivity contribution in [3.05, 3.63) is 17.7 Å². The van der Waals surface area contributed by atoms with Crippen LogP contribution in [0.3, 0.4) is 0 Å². The number of hydrogen-bond acceptors (Lipinski definition) is 5. The molecule has 0 saturated carbocycles. The van der Waals surface area contributed by atoms with E-state index in [1.807, 2.05) is 11.8 Å². The SMILES string of the molecule is CCc1nc(C2SCCSC2CC)ncc1N. The lowest BCUT2D eigenvalue weighted by molar-refractivity contribution is 0.742. The van der Waals surface area contributed by atoms with E-state index in [1.54, 1.807) is 6.20 Å². The molecule has 0 bridgehead atoms. The van der Waals surface area contributed by atoms with Crippen LogP contribution in [-0.4, -0.2) is 26.7 Å². The molecule has 0 radical (unpaired) electrons. The van der Waals surface area contributed by atoms with Gasteiger partial charge in [-0.1, -0.05) is 13.8 Å². The molecule has 3 nitrogen and oxygen atoms in total. The molecule has 1 aliphatic heterocycles. The highest BCUT2D eigenvalue weighted by Gasteiger charge is 2.28. The standard InChI is InChI=1S/C12H19N3S2/c1-3-9-8(13)7-14-12(15-9)11-10(4-2)16-5-6-17-11/h7,10-11H,3-6,13H2,1-2H3.